The number of aryl methyl sites for hydroxylation is 1. The third-order valence-electron chi connectivity index (χ3n) is 3.33. The molecular formula is C15H22N2O4. The minimum atomic E-state index is -0.833. The minimum absolute atomic E-state index is 0.0545. The lowest BCUT2D eigenvalue weighted by Crippen LogP contribution is -2.26. The number of aromatic nitrogens is 1. The maximum atomic E-state index is 12.1. The van der Waals surface area contributed by atoms with Gasteiger partial charge in [0.1, 0.15) is 5.69 Å². The van der Waals surface area contributed by atoms with Crippen molar-refractivity contribution < 1.29 is 19.5 Å². The molecule has 1 rings (SSSR count). The van der Waals surface area contributed by atoms with Gasteiger partial charge in [0.25, 0.3) is 5.91 Å². The van der Waals surface area contributed by atoms with Crippen LogP contribution in [0, 0.1) is 6.92 Å². The molecule has 0 radical (unpaired) electrons. The number of amides is 1. The van der Waals surface area contributed by atoms with Crippen molar-refractivity contribution in [3.63, 3.8) is 0 Å². The van der Waals surface area contributed by atoms with Crippen LogP contribution < -0.4 is 5.32 Å². The second-order valence-corrected chi connectivity index (χ2v) is 5.00. The second kappa shape index (κ2) is 7.61. The maximum absolute atomic E-state index is 12.1. The predicted molar refractivity (Wildman–Crippen MR) is 78.7 cm³/mol. The number of carbonyl (C=O) groups is 3. The third-order valence-corrected chi connectivity index (χ3v) is 3.33. The van der Waals surface area contributed by atoms with Gasteiger partial charge in [0, 0.05) is 24.2 Å². The maximum Gasteiger partial charge on any atom is 0.303 e. The van der Waals surface area contributed by atoms with Crippen molar-refractivity contribution in [1.82, 2.24) is 10.3 Å². The number of nitrogens with one attached hydrogen (secondary N) is 2. The zero-order valence-corrected chi connectivity index (χ0v) is 12.7. The molecule has 0 fully saturated rings. The predicted octanol–water partition coefficient (Wildman–Crippen LogP) is 2.07. The fourth-order valence-corrected chi connectivity index (χ4v) is 2.39. The lowest BCUT2D eigenvalue weighted by Gasteiger charge is -2.05. The molecule has 6 heteroatoms. The number of ketones is 1. The Kier molecular flexibility index (Phi) is 6.14. The molecule has 1 heterocycles. The summed E-state index contributed by atoms with van der Waals surface area (Å²) in [6.45, 7) is 5.59. The molecule has 0 aliphatic heterocycles. The Morgan fingerprint density at radius 2 is 1.90 bits per heavy atom. The highest BCUT2D eigenvalue weighted by Crippen LogP contribution is 2.20. The van der Waals surface area contributed by atoms with Gasteiger partial charge in [0.2, 0.25) is 0 Å². The summed E-state index contributed by atoms with van der Waals surface area (Å²) >= 11 is 0. The molecule has 0 aliphatic rings. The fourth-order valence-electron chi connectivity index (χ4n) is 2.39. The van der Waals surface area contributed by atoms with E-state index in [1.165, 1.54) is 6.92 Å². The Morgan fingerprint density at radius 3 is 2.43 bits per heavy atom. The standard InChI is InChI=1S/C15H22N2O4/c1-4-11-13(10(3)18)9(2)17-14(11)15(21)16-8-6-5-7-12(19)20/h17H,4-8H2,1-3H3,(H,16,21)(H,19,20). The van der Waals surface area contributed by atoms with Gasteiger partial charge < -0.3 is 15.4 Å². The van der Waals surface area contributed by atoms with Gasteiger partial charge in [-0.15, -0.1) is 0 Å². The Balaban J connectivity index is 2.68. The smallest absolute Gasteiger partial charge is 0.303 e. The highest BCUT2D eigenvalue weighted by molar-refractivity contribution is 6.02. The molecule has 1 amide bonds. The number of H-pyrrole nitrogens is 1. The fraction of sp³-hybridized carbons (Fsp3) is 0.533. The molecule has 0 atom stereocenters. The van der Waals surface area contributed by atoms with Crippen LogP contribution in [-0.4, -0.2) is 34.3 Å². The highest BCUT2D eigenvalue weighted by atomic mass is 16.4. The summed E-state index contributed by atoms with van der Waals surface area (Å²) in [6.07, 6.45) is 1.84. The van der Waals surface area contributed by atoms with Gasteiger partial charge in [0.15, 0.2) is 5.78 Å². The van der Waals surface area contributed by atoms with Gasteiger partial charge in [-0.05, 0) is 38.7 Å². The zero-order chi connectivity index (χ0) is 16.0. The number of aliphatic carboxylic acids is 1. The largest absolute Gasteiger partial charge is 0.481 e. The van der Waals surface area contributed by atoms with Crippen LogP contribution >= 0.6 is 0 Å². The first-order valence-electron chi connectivity index (χ1n) is 7.10. The summed E-state index contributed by atoms with van der Waals surface area (Å²) < 4.78 is 0. The van der Waals surface area contributed by atoms with E-state index in [9.17, 15) is 14.4 Å². The van der Waals surface area contributed by atoms with E-state index >= 15 is 0 Å². The molecule has 116 valence electrons. The molecule has 0 bridgehead atoms. The van der Waals surface area contributed by atoms with E-state index in [2.05, 4.69) is 10.3 Å². The summed E-state index contributed by atoms with van der Waals surface area (Å²) in [7, 11) is 0. The van der Waals surface area contributed by atoms with E-state index in [-0.39, 0.29) is 18.1 Å². The van der Waals surface area contributed by atoms with Crippen LogP contribution in [0.5, 0.6) is 0 Å². The van der Waals surface area contributed by atoms with Crippen LogP contribution in [0.4, 0.5) is 0 Å². The third kappa shape index (κ3) is 4.44. The number of carboxylic acids is 1. The van der Waals surface area contributed by atoms with Crippen LogP contribution in [0.25, 0.3) is 0 Å². The molecular weight excluding hydrogens is 272 g/mol. The molecule has 3 N–H and O–H groups in total. The molecule has 21 heavy (non-hydrogen) atoms. The molecule has 0 saturated heterocycles. The van der Waals surface area contributed by atoms with Gasteiger partial charge in [0.05, 0.1) is 0 Å². The first kappa shape index (κ1) is 16.9. The van der Waals surface area contributed by atoms with E-state index < -0.39 is 5.97 Å². The van der Waals surface area contributed by atoms with Gasteiger partial charge in [-0.1, -0.05) is 6.92 Å². The lowest BCUT2D eigenvalue weighted by molar-refractivity contribution is -0.137. The molecule has 0 spiro atoms. The molecule has 0 unspecified atom stereocenters. The van der Waals surface area contributed by atoms with Crippen molar-refractivity contribution in [3.8, 4) is 0 Å². The van der Waals surface area contributed by atoms with Crippen LogP contribution in [0.15, 0.2) is 0 Å². The van der Waals surface area contributed by atoms with E-state index in [0.29, 0.717) is 42.8 Å². The molecule has 6 nitrogen and oxygen atoms in total. The number of carbonyl (C=O) groups excluding carboxylic acids is 2. The van der Waals surface area contributed by atoms with Crippen LogP contribution in [0.2, 0.25) is 0 Å². The molecule has 0 aromatic carbocycles. The van der Waals surface area contributed by atoms with Crippen molar-refractivity contribution >= 4 is 17.7 Å². The van der Waals surface area contributed by atoms with Crippen molar-refractivity contribution in [2.75, 3.05) is 6.54 Å². The molecule has 0 saturated carbocycles. The Morgan fingerprint density at radius 1 is 1.24 bits per heavy atom. The number of aromatic amines is 1. The molecule has 1 aromatic rings. The first-order valence-corrected chi connectivity index (χ1v) is 7.10. The van der Waals surface area contributed by atoms with Gasteiger partial charge in [-0.25, -0.2) is 0 Å². The SMILES string of the molecule is CCc1c(C(=O)NCCCCC(=O)O)[nH]c(C)c1C(C)=O. The molecule has 0 aliphatic carbocycles. The number of Topliss-reactive ketones (excluding diaryl/α,β-unsaturated/α-hetero) is 1. The van der Waals surface area contributed by atoms with E-state index in [4.69, 9.17) is 5.11 Å². The monoisotopic (exact) mass is 294 g/mol. The number of unbranched alkanes of at least 4 members (excludes halogenated alkanes) is 1. The summed E-state index contributed by atoms with van der Waals surface area (Å²) in [5.74, 6) is -1.14. The summed E-state index contributed by atoms with van der Waals surface area (Å²) in [4.78, 5) is 37.1. The van der Waals surface area contributed by atoms with Crippen LogP contribution in [-0.2, 0) is 11.2 Å². The Hall–Kier alpha value is -2.11. The average Bonchev–Trinajstić information content (AvgIpc) is 2.74. The van der Waals surface area contributed by atoms with Crippen LogP contribution in [0.3, 0.4) is 0 Å². The lowest BCUT2D eigenvalue weighted by atomic mass is 10.0. The van der Waals surface area contributed by atoms with Crippen molar-refractivity contribution in [2.24, 2.45) is 0 Å². The highest BCUT2D eigenvalue weighted by Gasteiger charge is 2.21. The second-order valence-electron chi connectivity index (χ2n) is 5.00. The van der Waals surface area contributed by atoms with Crippen molar-refractivity contribution in [1.29, 1.82) is 0 Å². The van der Waals surface area contributed by atoms with Crippen LogP contribution in [0.1, 0.15) is 65.2 Å². The molecule has 1 aromatic heterocycles. The summed E-state index contributed by atoms with van der Waals surface area (Å²) in [5.41, 5.74) is 2.46. The average molecular weight is 294 g/mol. The van der Waals surface area contributed by atoms with Crippen molar-refractivity contribution in [2.45, 2.75) is 46.5 Å². The van der Waals surface area contributed by atoms with Gasteiger partial charge in [-0.2, -0.15) is 0 Å². The Bertz CT molecular complexity index is 546. The first-order chi connectivity index (χ1) is 9.88. The van der Waals surface area contributed by atoms with Gasteiger partial charge in [-0.3, -0.25) is 14.4 Å². The number of carboxylic acid groups (broad SMARTS) is 1. The zero-order valence-electron chi connectivity index (χ0n) is 12.7. The quantitative estimate of drug-likeness (QED) is 0.505. The number of hydrogen-bond donors (Lipinski definition) is 3. The number of rotatable bonds is 8. The van der Waals surface area contributed by atoms with Gasteiger partial charge >= 0.3 is 5.97 Å². The van der Waals surface area contributed by atoms with E-state index in [1.807, 2.05) is 6.92 Å². The summed E-state index contributed by atoms with van der Waals surface area (Å²) in [6, 6.07) is 0. The van der Waals surface area contributed by atoms with E-state index in [1.54, 1.807) is 6.92 Å². The Labute approximate surface area is 123 Å². The summed E-state index contributed by atoms with van der Waals surface area (Å²) in [5, 5.41) is 11.3. The normalized spacial score (nSPS) is 10.4. The van der Waals surface area contributed by atoms with Crippen molar-refractivity contribution in [3.05, 3.63) is 22.5 Å². The number of hydrogen-bond acceptors (Lipinski definition) is 3. The minimum Gasteiger partial charge on any atom is -0.481 e. The topological polar surface area (TPSA) is 99.3 Å². The van der Waals surface area contributed by atoms with E-state index in [0.717, 1.165) is 5.56 Å².